The van der Waals surface area contributed by atoms with Crippen LogP contribution in [-0.2, 0) is 21.2 Å². The number of benzene rings is 2. The lowest BCUT2D eigenvalue weighted by Gasteiger charge is -2.23. The van der Waals surface area contributed by atoms with E-state index in [1.807, 2.05) is 44.2 Å². The third-order valence-corrected chi connectivity index (χ3v) is 5.59. The number of hydrogen-bond acceptors (Lipinski definition) is 3. The van der Waals surface area contributed by atoms with Crippen molar-refractivity contribution < 1.29 is 13.2 Å². The molecule has 1 aliphatic rings. The second-order valence-corrected chi connectivity index (χ2v) is 7.85. The molecule has 1 atom stereocenters. The fraction of sp³-hybridized carbons (Fsp3) is 0.278. The molecule has 0 radical (unpaired) electrons. The Morgan fingerprint density at radius 2 is 1.96 bits per heavy atom. The molecule has 6 heteroatoms. The Kier molecular flexibility index (Phi) is 4.43. The van der Waals surface area contributed by atoms with E-state index in [-0.39, 0.29) is 23.4 Å². The summed E-state index contributed by atoms with van der Waals surface area (Å²) in [6.45, 7) is 3.54. The minimum absolute atomic E-state index is 0.0263. The zero-order valence-electron chi connectivity index (χ0n) is 13.7. The van der Waals surface area contributed by atoms with E-state index in [4.69, 9.17) is 0 Å². The number of rotatable bonds is 4. The molecule has 0 aliphatic carbocycles. The first-order valence-electron chi connectivity index (χ1n) is 7.85. The van der Waals surface area contributed by atoms with Gasteiger partial charge in [-0.1, -0.05) is 30.3 Å². The van der Waals surface area contributed by atoms with Crippen molar-refractivity contribution in [2.75, 3.05) is 11.4 Å². The van der Waals surface area contributed by atoms with Crippen molar-refractivity contribution >= 4 is 21.6 Å². The lowest BCUT2D eigenvalue weighted by molar-refractivity contribution is -0.117. The van der Waals surface area contributed by atoms with Crippen molar-refractivity contribution in [3.63, 3.8) is 0 Å². The number of amides is 1. The SMILES string of the molecule is Cc1cccc(S(=O)(=O)NCC(=O)N2c3ccccc3CC2C)c1. The van der Waals surface area contributed by atoms with Gasteiger partial charge < -0.3 is 4.90 Å². The van der Waals surface area contributed by atoms with Crippen LogP contribution >= 0.6 is 0 Å². The molecule has 0 bridgehead atoms. The molecule has 0 spiro atoms. The molecule has 126 valence electrons. The third kappa shape index (κ3) is 3.20. The molecule has 1 amide bonds. The number of carbonyl (C=O) groups is 1. The highest BCUT2D eigenvalue weighted by Gasteiger charge is 2.31. The van der Waals surface area contributed by atoms with Gasteiger partial charge in [0.1, 0.15) is 0 Å². The van der Waals surface area contributed by atoms with Gasteiger partial charge >= 0.3 is 0 Å². The summed E-state index contributed by atoms with van der Waals surface area (Å²) in [6.07, 6.45) is 0.784. The van der Waals surface area contributed by atoms with Gasteiger partial charge in [-0.2, -0.15) is 0 Å². The average molecular weight is 344 g/mol. The van der Waals surface area contributed by atoms with E-state index in [1.165, 1.54) is 6.07 Å². The van der Waals surface area contributed by atoms with Crippen LogP contribution in [0.1, 0.15) is 18.1 Å². The Labute approximate surface area is 142 Å². The van der Waals surface area contributed by atoms with Crippen molar-refractivity contribution in [2.24, 2.45) is 0 Å². The summed E-state index contributed by atoms with van der Waals surface area (Å²) in [5.41, 5.74) is 2.83. The summed E-state index contributed by atoms with van der Waals surface area (Å²) < 4.78 is 27.1. The van der Waals surface area contributed by atoms with Crippen LogP contribution in [0.3, 0.4) is 0 Å². The van der Waals surface area contributed by atoms with E-state index < -0.39 is 10.0 Å². The highest BCUT2D eigenvalue weighted by Crippen LogP contribution is 2.31. The van der Waals surface area contributed by atoms with Gasteiger partial charge in [0.25, 0.3) is 0 Å². The van der Waals surface area contributed by atoms with Crippen LogP contribution in [0, 0.1) is 6.92 Å². The summed E-state index contributed by atoms with van der Waals surface area (Å²) >= 11 is 0. The molecule has 1 unspecified atom stereocenters. The normalized spacial score (nSPS) is 16.9. The first-order chi connectivity index (χ1) is 11.4. The maximum atomic E-state index is 12.6. The van der Waals surface area contributed by atoms with E-state index in [0.717, 1.165) is 23.2 Å². The lowest BCUT2D eigenvalue weighted by atomic mass is 10.1. The van der Waals surface area contributed by atoms with Gasteiger partial charge in [0.2, 0.25) is 15.9 Å². The molecule has 0 saturated heterocycles. The Morgan fingerprint density at radius 1 is 1.21 bits per heavy atom. The first-order valence-corrected chi connectivity index (χ1v) is 9.33. The molecule has 5 nitrogen and oxygen atoms in total. The molecule has 2 aromatic carbocycles. The number of carbonyl (C=O) groups excluding carboxylic acids is 1. The van der Waals surface area contributed by atoms with E-state index in [2.05, 4.69) is 4.72 Å². The van der Waals surface area contributed by atoms with Crippen LogP contribution in [0.15, 0.2) is 53.4 Å². The molecular weight excluding hydrogens is 324 g/mol. The standard InChI is InChI=1S/C18H20N2O3S/c1-13-6-5-8-16(10-13)24(22,23)19-12-18(21)20-14(2)11-15-7-3-4-9-17(15)20/h3-10,14,19H,11-12H2,1-2H3. The van der Waals surface area contributed by atoms with E-state index in [9.17, 15) is 13.2 Å². The molecule has 1 N–H and O–H groups in total. The summed E-state index contributed by atoms with van der Waals surface area (Å²) in [6, 6.07) is 14.4. The van der Waals surface area contributed by atoms with Gasteiger partial charge in [0, 0.05) is 11.7 Å². The monoisotopic (exact) mass is 344 g/mol. The van der Waals surface area contributed by atoms with Gasteiger partial charge in [0.15, 0.2) is 0 Å². The molecule has 0 saturated carbocycles. The molecule has 24 heavy (non-hydrogen) atoms. The molecule has 1 heterocycles. The molecule has 0 fully saturated rings. The quantitative estimate of drug-likeness (QED) is 0.925. The smallest absolute Gasteiger partial charge is 0.242 e. The van der Waals surface area contributed by atoms with Gasteiger partial charge in [-0.05, 0) is 49.6 Å². The number of hydrogen-bond donors (Lipinski definition) is 1. The van der Waals surface area contributed by atoms with Crippen molar-refractivity contribution in [1.82, 2.24) is 4.72 Å². The zero-order valence-corrected chi connectivity index (χ0v) is 14.5. The third-order valence-electron chi connectivity index (χ3n) is 4.19. The molecular formula is C18H20N2O3S. The summed E-state index contributed by atoms with van der Waals surface area (Å²) in [5, 5.41) is 0. The number of sulfonamides is 1. The maximum Gasteiger partial charge on any atom is 0.242 e. The van der Waals surface area contributed by atoms with Crippen LogP contribution in [0.2, 0.25) is 0 Å². The molecule has 3 rings (SSSR count). The minimum Gasteiger partial charge on any atom is -0.308 e. The minimum atomic E-state index is -3.70. The predicted molar refractivity (Wildman–Crippen MR) is 93.5 cm³/mol. The highest BCUT2D eigenvalue weighted by atomic mass is 32.2. The number of nitrogens with one attached hydrogen (secondary N) is 1. The van der Waals surface area contributed by atoms with Crippen molar-refractivity contribution in [3.8, 4) is 0 Å². The fourth-order valence-corrected chi connectivity index (χ4v) is 4.13. The van der Waals surface area contributed by atoms with Crippen molar-refractivity contribution in [1.29, 1.82) is 0 Å². The molecule has 1 aliphatic heterocycles. The molecule has 2 aromatic rings. The fourth-order valence-electron chi connectivity index (χ4n) is 3.05. The van der Waals surface area contributed by atoms with Crippen LogP contribution in [0.5, 0.6) is 0 Å². The van der Waals surface area contributed by atoms with Gasteiger partial charge in [0.05, 0.1) is 11.4 Å². The lowest BCUT2D eigenvalue weighted by Crippen LogP contribution is -2.43. The number of nitrogens with zero attached hydrogens (tertiary/aromatic N) is 1. The number of fused-ring (bicyclic) bond motifs is 1. The van der Waals surface area contributed by atoms with Gasteiger partial charge in [-0.3, -0.25) is 4.79 Å². The second-order valence-electron chi connectivity index (χ2n) is 6.09. The number of anilines is 1. The Hall–Kier alpha value is -2.18. The largest absolute Gasteiger partial charge is 0.308 e. The summed E-state index contributed by atoms with van der Waals surface area (Å²) in [4.78, 5) is 14.4. The van der Waals surface area contributed by atoms with Crippen molar-refractivity contribution in [2.45, 2.75) is 31.2 Å². The van der Waals surface area contributed by atoms with Crippen LogP contribution in [-0.4, -0.2) is 26.9 Å². The maximum absolute atomic E-state index is 12.6. The Balaban J connectivity index is 1.74. The Morgan fingerprint density at radius 3 is 2.71 bits per heavy atom. The first kappa shape index (κ1) is 16.7. The zero-order chi connectivity index (χ0) is 17.3. The molecule has 0 aromatic heterocycles. The number of aryl methyl sites for hydroxylation is 1. The highest BCUT2D eigenvalue weighted by molar-refractivity contribution is 7.89. The van der Waals surface area contributed by atoms with E-state index in [1.54, 1.807) is 17.0 Å². The topological polar surface area (TPSA) is 66.5 Å². The van der Waals surface area contributed by atoms with E-state index >= 15 is 0 Å². The van der Waals surface area contributed by atoms with Crippen LogP contribution in [0.4, 0.5) is 5.69 Å². The van der Waals surface area contributed by atoms with Crippen LogP contribution < -0.4 is 9.62 Å². The van der Waals surface area contributed by atoms with Crippen LogP contribution in [0.25, 0.3) is 0 Å². The second kappa shape index (κ2) is 6.37. The summed E-state index contributed by atoms with van der Waals surface area (Å²) in [7, 11) is -3.70. The van der Waals surface area contributed by atoms with E-state index in [0.29, 0.717) is 0 Å². The van der Waals surface area contributed by atoms with Gasteiger partial charge in [-0.15, -0.1) is 0 Å². The summed E-state index contributed by atoms with van der Waals surface area (Å²) in [5.74, 6) is -0.247. The van der Waals surface area contributed by atoms with Gasteiger partial charge in [-0.25, -0.2) is 13.1 Å². The average Bonchev–Trinajstić information content (AvgIpc) is 2.88. The van der Waals surface area contributed by atoms with Crippen molar-refractivity contribution in [3.05, 3.63) is 59.7 Å². The Bertz CT molecular complexity index is 877. The predicted octanol–water partition coefficient (Wildman–Crippen LogP) is 2.25. The number of para-hydroxylation sites is 1.